The van der Waals surface area contributed by atoms with Gasteiger partial charge in [-0.3, -0.25) is 0 Å². The number of hydrogen-bond acceptors (Lipinski definition) is 0. The molecule has 0 aliphatic heterocycles. The molecule has 1 heteroatoms. The summed E-state index contributed by atoms with van der Waals surface area (Å²) in [5, 5.41) is 0. The summed E-state index contributed by atoms with van der Waals surface area (Å²) in [6.45, 7) is 4.26. The molecular formula is C21H19I. The Kier molecular flexibility index (Phi) is 4.34. The van der Waals surface area contributed by atoms with E-state index in [1.165, 1.54) is 27.8 Å². The number of benzene rings is 3. The fourth-order valence-electron chi connectivity index (χ4n) is 2.73. The zero-order chi connectivity index (χ0) is 15.6. The van der Waals surface area contributed by atoms with E-state index in [2.05, 4.69) is 115 Å². The van der Waals surface area contributed by atoms with Gasteiger partial charge in [0.2, 0.25) is 0 Å². The smallest absolute Gasteiger partial charge is 0.0631 e. The van der Waals surface area contributed by atoms with E-state index in [0.29, 0.717) is 0 Å². The monoisotopic (exact) mass is 398 g/mol. The lowest BCUT2D eigenvalue weighted by atomic mass is 9.84. The van der Waals surface area contributed by atoms with Gasteiger partial charge >= 0.3 is 0 Å². The Morgan fingerprint density at radius 3 is 1.32 bits per heavy atom. The largest absolute Gasteiger partial charge is 0.0968 e. The minimum atomic E-state index is -0.166. The summed E-state index contributed by atoms with van der Waals surface area (Å²) in [5.74, 6) is 0. The summed E-state index contributed by atoms with van der Waals surface area (Å²) in [6.07, 6.45) is 0. The molecule has 0 heterocycles. The van der Waals surface area contributed by atoms with Gasteiger partial charge in [0.05, 0.1) is 3.42 Å². The van der Waals surface area contributed by atoms with E-state index in [1.54, 1.807) is 0 Å². The van der Waals surface area contributed by atoms with Crippen LogP contribution in [0.4, 0.5) is 0 Å². The Morgan fingerprint density at radius 1 is 0.545 bits per heavy atom. The summed E-state index contributed by atoms with van der Waals surface area (Å²) >= 11 is 2.60. The van der Waals surface area contributed by atoms with Crippen LogP contribution in [0, 0.1) is 13.8 Å². The van der Waals surface area contributed by atoms with Gasteiger partial charge in [0, 0.05) is 0 Å². The maximum absolute atomic E-state index is 2.60. The fraction of sp³-hybridized carbons (Fsp3) is 0.143. The summed E-state index contributed by atoms with van der Waals surface area (Å²) in [5.41, 5.74) is 6.52. The van der Waals surface area contributed by atoms with Crippen LogP contribution in [0.25, 0.3) is 0 Å². The summed E-state index contributed by atoms with van der Waals surface area (Å²) in [4.78, 5) is 0. The molecule has 0 unspecified atom stereocenters. The van der Waals surface area contributed by atoms with Gasteiger partial charge < -0.3 is 0 Å². The molecule has 0 N–H and O–H groups in total. The predicted molar refractivity (Wildman–Crippen MR) is 103 cm³/mol. The molecule has 0 spiro atoms. The van der Waals surface area contributed by atoms with Crippen LogP contribution in [0.2, 0.25) is 0 Å². The quantitative estimate of drug-likeness (QED) is 0.287. The van der Waals surface area contributed by atoms with Gasteiger partial charge in [-0.25, -0.2) is 0 Å². The first kappa shape index (κ1) is 15.3. The van der Waals surface area contributed by atoms with Crippen molar-refractivity contribution in [1.29, 1.82) is 0 Å². The van der Waals surface area contributed by atoms with Crippen LogP contribution in [0.15, 0.2) is 78.9 Å². The third kappa shape index (κ3) is 2.82. The third-order valence-corrected chi connectivity index (χ3v) is 5.94. The highest BCUT2D eigenvalue weighted by atomic mass is 127. The first-order valence-electron chi connectivity index (χ1n) is 7.49. The topological polar surface area (TPSA) is 0 Å². The van der Waals surface area contributed by atoms with Crippen LogP contribution in [0.5, 0.6) is 0 Å². The molecule has 0 atom stereocenters. The molecule has 0 amide bonds. The number of halogens is 1. The highest BCUT2D eigenvalue weighted by Gasteiger charge is 2.32. The molecule has 0 aliphatic carbocycles. The minimum absolute atomic E-state index is 0.166. The summed E-state index contributed by atoms with van der Waals surface area (Å²) in [7, 11) is 0. The van der Waals surface area contributed by atoms with E-state index >= 15 is 0 Å². The van der Waals surface area contributed by atoms with Crippen molar-refractivity contribution in [2.24, 2.45) is 0 Å². The van der Waals surface area contributed by atoms with Crippen LogP contribution in [0.1, 0.15) is 27.8 Å². The van der Waals surface area contributed by atoms with Crippen molar-refractivity contribution in [2.45, 2.75) is 17.3 Å². The van der Waals surface area contributed by atoms with Crippen LogP contribution < -0.4 is 0 Å². The zero-order valence-corrected chi connectivity index (χ0v) is 15.0. The van der Waals surface area contributed by atoms with E-state index in [9.17, 15) is 0 Å². The van der Waals surface area contributed by atoms with Gasteiger partial charge in [-0.1, -0.05) is 113 Å². The van der Waals surface area contributed by atoms with Gasteiger partial charge in [0.15, 0.2) is 0 Å². The van der Waals surface area contributed by atoms with Crippen molar-refractivity contribution < 1.29 is 0 Å². The second-order valence-corrected chi connectivity index (χ2v) is 7.37. The Labute approximate surface area is 146 Å². The Balaban J connectivity index is 2.22. The van der Waals surface area contributed by atoms with Crippen molar-refractivity contribution in [3.8, 4) is 0 Å². The third-order valence-electron chi connectivity index (χ3n) is 4.07. The van der Waals surface area contributed by atoms with Crippen LogP contribution in [-0.4, -0.2) is 0 Å². The van der Waals surface area contributed by atoms with Crippen LogP contribution in [0.3, 0.4) is 0 Å². The molecular weight excluding hydrogens is 379 g/mol. The molecule has 0 aliphatic rings. The van der Waals surface area contributed by atoms with Crippen molar-refractivity contribution in [3.05, 3.63) is 107 Å². The van der Waals surface area contributed by atoms with E-state index in [4.69, 9.17) is 0 Å². The van der Waals surface area contributed by atoms with Crippen molar-refractivity contribution >= 4 is 22.6 Å². The average Bonchev–Trinajstić information content (AvgIpc) is 2.56. The standard InChI is InChI=1S/C21H19I/c1-16-8-12-19(13-9-16)21(22,18-6-4-3-5-7-18)20-14-10-17(2)11-15-20/h3-15H,1-2H3. The molecule has 3 rings (SSSR count). The highest BCUT2D eigenvalue weighted by molar-refractivity contribution is 14.1. The first-order chi connectivity index (χ1) is 10.6. The van der Waals surface area contributed by atoms with Crippen molar-refractivity contribution in [1.82, 2.24) is 0 Å². The van der Waals surface area contributed by atoms with Crippen LogP contribution in [-0.2, 0) is 3.42 Å². The minimum Gasteiger partial charge on any atom is -0.0631 e. The maximum atomic E-state index is 2.60. The molecule has 0 radical (unpaired) electrons. The molecule has 0 bridgehead atoms. The second kappa shape index (κ2) is 6.25. The molecule has 3 aromatic rings. The molecule has 3 aromatic carbocycles. The molecule has 0 nitrogen and oxygen atoms in total. The first-order valence-corrected chi connectivity index (χ1v) is 8.57. The van der Waals surface area contributed by atoms with E-state index in [-0.39, 0.29) is 3.42 Å². The molecule has 0 aromatic heterocycles. The lowest BCUT2D eigenvalue weighted by Gasteiger charge is -2.30. The summed E-state index contributed by atoms with van der Waals surface area (Å²) in [6, 6.07) is 28.5. The molecule has 0 saturated heterocycles. The van der Waals surface area contributed by atoms with E-state index in [1.807, 2.05) is 0 Å². The Hall–Kier alpha value is -1.61. The number of rotatable bonds is 3. The van der Waals surface area contributed by atoms with Gasteiger partial charge in [-0.2, -0.15) is 0 Å². The van der Waals surface area contributed by atoms with Crippen molar-refractivity contribution in [2.75, 3.05) is 0 Å². The molecule has 110 valence electrons. The number of aryl methyl sites for hydroxylation is 2. The fourth-order valence-corrected chi connectivity index (χ4v) is 3.81. The van der Waals surface area contributed by atoms with Gasteiger partial charge in [0.25, 0.3) is 0 Å². The maximum Gasteiger partial charge on any atom is 0.0968 e. The number of alkyl halides is 1. The molecule has 0 saturated carbocycles. The van der Waals surface area contributed by atoms with Crippen molar-refractivity contribution in [3.63, 3.8) is 0 Å². The van der Waals surface area contributed by atoms with Gasteiger partial charge in [-0.05, 0) is 30.5 Å². The van der Waals surface area contributed by atoms with Crippen LogP contribution >= 0.6 is 22.6 Å². The Morgan fingerprint density at radius 2 is 0.909 bits per heavy atom. The van der Waals surface area contributed by atoms with E-state index < -0.39 is 0 Å². The second-order valence-electron chi connectivity index (χ2n) is 5.76. The average molecular weight is 398 g/mol. The summed E-state index contributed by atoms with van der Waals surface area (Å²) < 4.78 is -0.166. The zero-order valence-electron chi connectivity index (χ0n) is 12.9. The van der Waals surface area contributed by atoms with Gasteiger partial charge in [-0.15, -0.1) is 0 Å². The van der Waals surface area contributed by atoms with Gasteiger partial charge in [0.1, 0.15) is 0 Å². The normalized spacial score (nSPS) is 11.4. The predicted octanol–water partition coefficient (Wildman–Crippen LogP) is 6.03. The SMILES string of the molecule is Cc1ccc(C(I)(c2ccccc2)c2ccc(C)cc2)cc1. The molecule has 0 fully saturated rings. The lowest BCUT2D eigenvalue weighted by Crippen LogP contribution is -2.21. The van der Waals surface area contributed by atoms with E-state index in [0.717, 1.165) is 0 Å². The Bertz CT molecular complexity index is 695. The molecule has 22 heavy (non-hydrogen) atoms. The lowest BCUT2D eigenvalue weighted by molar-refractivity contribution is 0.937. The highest BCUT2D eigenvalue weighted by Crippen LogP contribution is 2.45. The number of hydrogen-bond donors (Lipinski definition) is 0.